The first-order chi connectivity index (χ1) is 13.5. The summed E-state index contributed by atoms with van der Waals surface area (Å²) < 4.78 is 27.9. The summed E-state index contributed by atoms with van der Waals surface area (Å²) in [7, 11) is -3.83. The van der Waals surface area contributed by atoms with Crippen LogP contribution in [0.15, 0.2) is 59.5 Å². The van der Waals surface area contributed by atoms with Gasteiger partial charge in [0.05, 0.1) is 4.90 Å². The van der Waals surface area contributed by atoms with Crippen LogP contribution in [0.25, 0.3) is 0 Å². The first kappa shape index (κ1) is 20.6. The Hall–Kier alpha value is -3.13. The fourth-order valence-electron chi connectivity index (χ4n) is 2.69. The van der Waals surface area contributed by atoms with Crippen LogP contribution in [0.1, 0.15) is 42.4 Å². The number of nitrogens with zero attached hydrogens (tertiary/aromatic N) is 1. The monoisotopic (exact) mass is 412 g/mol. The van der Waals surface area contributed by atoms with E-state index in [1.807, 2.05) is 33.8 Å². The molecule has 0 bridgehead atoms. The number of aromatic nitrogens is 2. The molecule has 3 N–H and O–H groups in total. The second-order valence-electron chi connectivity index (χ2n) is 7.87. The molecule has 3 rings (SSSR count). The second-order valence-corrected chi connectivity index (χ2v) is 9.56. The number of carbonyl (C=O) groups excluding carboxylic acids is 1. The summed E-state index contributed by atoms with van der Waals surface area (Å²) in [5.74, 6) is -0.0596. The highest BCUT2D eigenvalue weighted by Gasteiger charge is 2.19. The third-order valence-electron chi connectivity index (χ3n) is 4.30. The van der Waals surface area contributed by atoms with E-state index in [2.05, 4.69) is 20.2 Å². The molecule has 7 nitrogen and oxygen atoms in total. The van der Waals surface area contributed by atoms with Crippen LogP contribution in [-0.2, 0) is 15.4 Å². The number of nitrogens with one attached hydrogen (secondary N) is 3. The average Bonchev–Trinajstić information content (AvgIpc) is 3.10. The lowest BCUT2D eigenvalue weighted by molar-refractivity contribution is 0.102. The van der Waals surface area contributed by atoms with Crippen molar-refractivity contribution in [1.29, 1.82) is 0 Å². The van der Waals surface area contributed by atoms with Crippen molar-refractivity contribution in [2.45, 2.75) is 38.0 Å². The number of hydrogen-bond acceptors (Lipinski definition) is 4. The highest BCUT2D eigenvalue weighted by atomic mass is 32.2. The Kier molecular flexibility index (Phi) is 5.48. The molecular formula is C21H24N4O3S. The molecule has 8 heteroatoms. The van der Waals surface area contributed by atoms with Gasteiger partial charge in [-0.25, -0.2) is 8.42 Å². The Morgan fingerprint density at radius 3 is 2.41 bits per heavy atom. The topological polar surface area (TPSA) is 104 Å². The molecule has 2 aromatic carbocycles. The third-order valence-corrected chi connectivity index (χ3v) is 5.68. The molecular weight excluding hydrogens is 388 g/mol. The Bertz CT molecular complexity index is 1140. The van der Waals surface area contributed by atoms with E-state index < -0.39 is 15.9 Å². The molecule has 0 spiro atoms. The highest BCUT2D eigenvalue weighted by molar-refractivity contribution is 7.92. The molecule has 0 atom stereocenters. The number of benzene rings is 2. The summed E-state index contributed by atoms with van der Waals surface area (Å²) in [4.78, 5) is 12.6. The normalized spacial score (nSPS) is 11.9. The smallest absolute Gasteiger partial charge is 0.261 e. The number of rotatable bonds is 5. The van der Waals surface area contributed by atoms with Crippen molar-refractivity contribution in [1.82, 2.24) is 10.2 Å². The van der Waals surface area contributed by atoms with Gasteiger partial charge in [0, 0.05) is 28.4 Å². The first-order valence-electron chi connectivity index (χ1n) is 9.11. The SMILES string of the molecule is Cc1cccc(NS(=O)(=O)c2cccc(C(=O)Nc3cc(C(C)(C)C)[nH]n3)c2)c1. The number of hydrogen-bond donors (Lipinski definition) is 3. The fourth-order valence-corrected chi connectivity index (χ4v) is 3.78. The molecule has 1 heterocycles. The van der Waals surface area contributed by atoms with E-state index in [1.165, 1.54) is 18.2 Å². The minimum Gasteiger partial charge on any atom is -0.305 e. The number of H-pyrrole nitrogens is 1. The van der Waals surface area contributed by atoms with Crippen molar-refractivity contribution in [3.63, 3.8) is 0 Å². The quantitative estimate of drug-likeness (QED) is 0.587. The number of aryl methyl sites for hydroxylation is 1. The molecule has 0 radical (unpaired) electrons. The summed E-state index contributed by atoms with van der Waals surface area (Å²) in [6, 6.07) is 14.7. The van der Waals surface area contributed by atoms with Crippen LogP contribution in [0.2, 0.25) is 0 Å². The Balaban J connectivity index is 1.79. The van der Waals surface area contributed by atoms with E-state index in [1.54, 1.807) is 30.3 Å². The van der Waals surface area contributed by atoms with Gasteiger partial charge in [-0.05, 0) is 42.8 Å². The molecule has 0 saturated carbocycles. The van der Waals surface area contributed by atoms with E-state index in [9.17, 15) is 13.2 Å². The van der Waals surface area contributed by atoms with Crippen LogP contribution < -0.4 is 10.0 Å². The van der Waals surface area contributed by atoms with E-state index in [0.717, 1.165) is 11.3 Å². The van der Waals surface area contributed by atoms with Crippen molar-refractivity contribution in [3.05, 3.63) is 71.4 Å². The molecule has 0 fully saturated rings. The maximum atomic E-state index is 12.7. The molecule has 1 aromatic heterocycles. The van der Waals surface area contributed by atoms with Crippen LogP contribution in [0.5, 0.6) is 0 Å². The predicted octanol–water partition coefficient (Wildman–Crippen LogP) is 4.07. The zero-order valence-corrected chi connectivity index (χ0v) is 17.6. The minimum atomic E-state index is -3.83. The van der Waals surface area contributed by atoms with Gasteiger partial charge >= 0.3 is 0 Å². The van der Waals surface area contributed by atoms with Crippen LogP contribution in [-0.4, -0.2) is 24.5 Å². The van der Waals surface area contributed by atoms with Crippen molar-refractivity contribution in [2.75, 3.05) is 10.0 Å². The number of amides is 1. The molecule has 29 heavy (non-hydrogen) atoms. The van der Waals surface area contributed by atoms with E-state index in [-0.39, 0.29) is 15.9 Å². The lowest BCUT2D eigenvalue weighted by Crippen LogP contribution is -2.16. The Morgan fingerprint density at radius 1 is 1.03 bits per heavy atom. The maximum absolute atomic E-state index is 12.7. The molecule has 1 amide bonds. The van der Waals surface area contributed by atoms with Crippen LogP contribution in [0.4, 0.5) is 11.5 Å². The zero-order chi connectivity index (χ0) is 21.2. The van der Waals surface area contributed by atoms with Gasteiger partial charge in [-0.3, -0.25) is 14.6 Å². The van der Waals surface area contributed by atoms with Gasteiger partial charge < -0.3 is 5.32 Å². The van der Waals surface area contributed by atoms with Crippen molar-refractivity contribution >= 4 is 27.4 Å². The van der Waals surface area contributed by atoms with Crippen molar-refractivity contribution in [3.8, 4) is 0 Å². The van der Waals surface area contributed by atoms with E-state index in [0.29, 0.717) is 11.5 Å². The first-order valence-corrected chi connectivity index (χ1v) is 10.6. The minimum absolute atomic E-state index is 0.00376. The summed E-state index contributed by atoms with van der Waals surface area (Å²) in [6.45, 7) is 7.97. The summed E-state index contributed by atoms with van der Waals surface area (Å²) >= 11 is 0. The van der Waals surface area contributed by atoms with Crippen molar-refractivity contribution in [2.24, 2.45) is 0 Å². The average molecular weight is 413 g/mol. The number of carbonyl (C=O) groups is 1. The number of aromatic amines is 1. The standard InChI is InChI=1S/C21H24N4O3S/c1-14-7-5-9-16(11-14)25-29(27,28)17-10-6-8-15(12-17)20(26)22-19-13-18(23-24-19)21(2,3)4/h5-13,25H,1-4H3,(H2,22,23,24,26). The molecule has 0 aliphatic heterocycles. The van der Waals surface area contributed by atoms with Gasteiger partial charge in [0.15, 0.2) is 5.82 Å². The molecule has 0 aliphatic carbocycles. The molecule has 0 unspecified atom stereocenters. The summed E-state index contributed by atoms with van der Waals surface area (Å²) in [6.07, 6.45) is 0. The second kappa shape index (κ2) is 7.71. The van der Waals surface area contributed by atoms with E-state index in [4.69, 9.17) is 0 Å². The zero-order valence-electron chi connectivity index (χ0n) is 16.8. The van der Waals surface area contributed by atoms with E-state index >= 15 is 0 Å². The van der Waals surface area contributed by atoms with Gasteiger partial charge in [0.2, 0.25) is 0 Å². The Morgan fingerprint density at radius 2 is 1.76 bits per heavy atom. The molecule has 152 valence electrons. The molecule has 3 aromatic rings. The highest BCUT2D eigenvalue weighted by Crippen LogP contribution is 2.23. The van der Waals surface area contributed by atoms with Gasteiger partial charge in [-0.2, -0.15) is 5.10 Å². The number of sulfonamides is 1. The Labute approximate surface area is 170 Å². The third kappa shape index (κ3) is 5.03. The van der Waals surface area contributed by atoms with Crippen LogP contribution in [0.3, 0.4) is 0 Å². The summed E-state index contributed by atoms with van der Waals surface area (Å²) in [5, 5.41) is 9.69. The van der Waals surface area contributed by atoms with Crippen LogP contribution >= 0.6 is 0 Å². The fraction of sp³-hybridized carbons (Fsp3) is 0.238. The van der Waals surface area contributed by atoms with Gasteiger partial charge in [0.25, 0.3) is 15.9 Å². The predicted molar refractivity (Wildman–Crippen MR) is 114 cm³/mol. The maximum Gasteiger partial charge on any atom is 0.261 e. The lowest BCUT2D eigenvalue weighted by Gasteiger charge is -2.14. The molecule has 0 saturated heterocycles. The van der Waals surface area contributed by atoms with Gasteiger partial charge in [-0.1, -0.05) is 39.0 Å². The van der Waals surface area contributed by atoms with Gasteiger partial charge in [-0.15, -0.1) is 0 Å². The number of anilines is 2. The molecule has 0 aliphatic rings. The van der Waals surface area contributed by atoms with Crippen LogP contribution in [0, 0.1) is 6.92 Å². The lowest BCUT2D eigenvalue weighted by atomic mass is 9.92. The van der Waals surface area contributed by atoms with Gasteiger partial charge in [0.1, 0.15) is 0 Å². The largest absolute Gasteiger partial charge is 0.305 e. The summed E-state index contributed by atoms with van der Waals surface area (Å²) in [5.41, 5.74) is 2.37. The van der Waals surface area contributed by atoms with Crippen molar-refractivity contribution < 1.29 is 13.2 Å².